The van der Waals surface area contributed by atoms with Gasteiger partial charge in [0.1, 0.15) is 16.4 Å². The van der Waals surface area contributed by atoms with E-state index in [1.54, 1.807) is 42.5 Å². The van der Waals surface area contributed by atoms with Crippen molar-refractivity contribution in [3.8, 4) is 11.5 Å². The first-order valence-corrected chi connectivity index (χ1v) is 11.4. The Kier molecular flexibility index (Phi) is 7.18. The number of sulfonamides is 1. The molecule has 1 N–H and O–H groups in total. The maximum atomic E-state index is 13.2. The summed E-state index contributed by atoms with van der Waals surface area (Å²) in [4.78, 5) is 12.7. The molecule has 10 heteroatoms. The third-order valence-electron chi connectivity index (χ3n) is 4.68. The van der Waals surface area contributed by atoms with Crippen LogP contribution in [0.1, 0.15) is 10.4 Å². The van der Waals surface area contributed by atoms with Crippen LogP contribution in [0.2, 0.25) is 10.0 Å². The number of benzene rings is 3. The van der Waals surface area contributed by atoms with Gasteiger partial charge in [0.2, 0.25) is 0 Å². The number of rotatable bonds is 7. The molecule has 0 aliphatic heterocycles. The summed E-state index contributed by atoms with van der Waals surface area (Å²) in [7, 11) is 0.308. The molecule has 0 heterocycles. The normalized spacial score (nSPS) is 11.0. The zero-order valence-corrected chi connectivity index (χ0v) is 19.8. The van der Waals surface area contributed by atoms with E-state index in [2.05, 4.69) is 5.32 Å². The first-order chi connectivity index (χ1) is 15.2. The van der Waals surface area contributed by atoms with E-state index in [1.807, 2.05) is 0 Å². The molecule has 7 nitrogen and oxygen atoms in total. The van der Waals surface area contributed by atoms with E-state index >= 15 is 0 Å². The average molecular weight is 495 g/mol. The zero-order valence-electron chi connectivity index (χ0n) is 17.4. The van der Waals surface area contributed by atoms with Gasteiger partial charge in [0.25, 0.3) is 15.9 Å². The van der Waals surface area contributed by atoms with E-state index in [4.69, 9.17) is 32.7 Å². The lowest BCUT2D eigenvalue weighted by molar-refractivity contribution is 0.102. The largest absolute Gasteiger partial charge is 0.497 e. The number of amides is 1. The first-order valence-electron chi connectivity index (χ1n) is 9.25. The predicted octanol–water partition coefficient (Wildman–Crippen LogP) is 5.09. The van der Waals surface area contributed by atoms with Crippen LogP contribution in [0.15, 0.2) is 65.6 Å². The van der Waals surface area contributed by atoms with Crippen LogP contribution in [0.4, 0.5) is 11.4 Å². The summed E-state index contributed by atoms with van der Waals surface area (Å²) >= 11 is 12.1. The van der Waals surface area contributed by atoms with Crippen molar-refractivity contribution >= 4 is 50.5 Å². The molecule has 3 rings (SSSR count). The Balaban J connectivity index is 1.95. The summed E-state index contributed by atoms with van der Waals surface area (Å²) < 4.78 is 37.9. The van der Waals surface area contributed by atoms with Crippen LogP contribution < -0.4 is 19.1 Å². The van der Waals surface area contributed by atoms with Crippen molar-refractivity contribution in [2.24, 2.45) is 0 Å². The Morgan fingerprint density at radius 1 is 0.938 bits per heavy atom. The van der Waals surface area contributed by atoms with Gasteiger partial charge >= 0.3 is 0 Å². The van der Waals surface area contributed by atoms with Crippen molar-refractivity contribution in [1.29, 1.82) is 0 Å². The minimum atomic E-state index is -4.05. The Hall–Kier alpha value is -2.94. The molecule has 0 fully saturated rings. The SMILES string of the molecule is COc1ccc(OC)c(NC(=O)c2ccc(Cl)c(S(=O)(=O)N(C)c3ccc(Cl)cc3)c2)c1. The highest BCUT2D eigenvalue weighted by molar-refractivity contribution is 7.93. The highest BCUT2D eigenvalue weighted by atomic mass is 35.5. The van der Waals surface area contributed by atoms with Crippen molar-refractivity contribution in [3.63, 3.8) is 0 Å². The maximum Gasteiger partial charge on any atom is 0.265 e. The van der Waals surface area contributed by atoms with Gasteiger partial charge < -0.3 is 14.8 Å². The number of methoxy groups -OCH3 is 2. The van der Waals surface area contributed by atoms with Gasteiger partial charge in [-0.15, -0.1) is 0 Å². The monoisotopic (exact) mass is 494 g/mol. The molecule has 0 aliphatic rings. The Labute approximate surface area is 196 Å². The number of hydrogen-bond donors (Lipinski definition) is 1. The molecule has 168 valence electrons. The van der Waals surface area contributed by atoms with Crippen LogP contribution in [-0.2, 0) is 10.0 Å². The highest BCUT2D eigenvalue weighted by Gasteiger charge is 2.26. The van der Waals surface area contributed by atoms with Gasteiger partial charge in [-0.25, -0.2) is 8.42 Å². The third kappa shape index (κ3) is 4.93. The Bertz CT molecular complexity index is 1250. The minimum Gasteiger partial charge on any atom is -0.497 e. The number of carbonyl (C=O) groups is 1. The molecule has 0 aliphatic carbocycles. The van der Waals surface area contributed by atoms with Crippen LogP contribution >= 0.6 is 23.2 Å². The molecule has 32 heavy (non-hydrogen) atoms. The predicted molar refractivity (Wildman–Crippen MR) is 126 cm³/mol. The minimum absolute atomic E-state index is 0.0127. The van der Waals surface area contributed by atoms with E-state index < -0.39 is 15.9 Å². The fraction of sp³-hybridized carbons (Fsp3) is 0.136. The standard InChI is InChI=1S/C22H20Cl2N2O5S/c1-26(16-7-5-15(23)6-8-16)32(28,29)21-12-14(4-10-18(21)24)22(27)25-19-13-17(30-2)9-11-20(19)31-3/h4-13H,1-3H3,(H,25,27). The molecule has 3 aromatic rings. The van der Waals surface area contributed by atoms with E-state index in [0.29, 0.717) is 27.9 Å². The van der Waals surface area contributed by atoms with E-state index in [0.717, 1.165) is 4.31 Å². The molecule has 1 amide bonds. The number of ether oxygens (including phenoxy) is 2. The van der Waals surface area contributed by atoms with Crippen molar-refractivity contribution in [2.75, 3.05) is 30.9 Å². The van der Waals surface area contributed by atoms with Crippen LogP contribution in [0, 0.1) is 0 Å². The molecule has 0 radical (unpaired) electrons. The van der Waals surface area contributed by atoms with Gasteiger partial charge in [-0.1, -0.05) is 23.2 Å². The third-order valence-corrected chi connectivity index (χ3v) is 7.20. The lowest BCUT2D eigenvalue weighted by Crippen LogP contribution is -2.27. The van der Waals surface area contributed by atoms with Gasteiger partial charge in [0.05, 0.1) is 30.6 Å². The molecular weight excluding hydrogens is 475 g/mol. The van der Waals surface area contributed by atoms with Crippen molar-refractivity contribution < 1.29 is 22.7 Å². The molecule has 0 spiro atoms. The van der Waals surface area contributed by atoms with Crippen molar-refractivity contribution in [3.05, 3.63) is 76.3 Å². The highest BCUT2D eigenvalue weighted by Crippen LogP contribution is 2.31. The number of halogens is 2. The van der Waals surface area contributed by atoms with Gasteiger partial charge in [-0.05, 0) is 54.6 Å². The van der Waals surface area contributed by atoms with Crippen LogP contribution in [0.3, 0.4) is 0 Å². The summed E-state index contributed by atoms with van der Waals surface area (Å²) in [5.41, 5.74) is 0.860. The van der Waals surface area contributed by atoms with Crippen LogP contribution in [0.5, 0.6) is 11.5 Å². The molecule has 3 aromatic carbocycles. The summed E-state index contributed by atoms with van der Waals surface area (Å²) in [6, 6.07) is 15.3. The van der Waals surface area contributed by atoms with E-state index in [9.17, 15) is 13.2 Å². The molecule has 0 saturated heterocycles. The number of hydrogen-bond acceptors (Lipinski definition) is 5. The van der Waals surface area contributed by atoms with Crippen molar-refractivity contribution in [2.45, 2.75) is 4.90 Å². The van der Waals surface area contributed by atoms with Gasteiger partial charge in [0.15, 0.2) is 0 Å². The lowest BCUT2D eigenvalue weighted by Gasteiger charge is -2.20. The maximum absolute atomic E-state index is 13.2. The topological polar surface area (TPSA) is 84.9 Å². The molecule has 0 saturated carbocycles. The number of nitrogens with zero attached hydrogens (tertiary/aromatic N) is 1. The van der Waals surface area contributed by atoms with Gasteiger partial charge in [-0.3, -0.25) is 9.10 Å². The fourth-order valence-corrected chi connectivity index (χ4v) is 4.71. The summed E-state index contributed by atoms with van der Waals surface area (Å²) in [6.45, 7) is 0. The number of anilines is 2. The lowest BCUT2D eigenvalue weighted by atomic mass is 10.2. The van der Waals surface area contributed by atoms with Crippen molar-refractivity contribution in [1.82, 2.24) is 0 Å². The second kappa shape index (κ2) is 9.68. The second-order valence-corrected chi connectivity index (χ2v) is 9.40. The second-order valence-electron chi connectivity index (χ2n) is 6.61. The Morgan fingerprint density at radius 3 is 2.25 bits per heavy atom. The molecule has 0 unspecified atom stereocenters. The van der Waals surface area contributed by atoms with Gasteiger partial charge in [0, 0.05) is 23.7 Å². The van der Waals surface area contributed by atoms with Gasteiger partial charge in [-0.2, -0.15) is 0 Å². The van der Waals surface area contributed by atoms with Crippen LogP contribution in [0.25, 0.3) is 0 Å². The number of carbonyl (C=O) groups excluding carboxylic acids is 1. The Morgan fingerprint density at radius 2 is 1.62 bits per heavy atom. The summed E-state index contributed by atoms with van der Waals surface area (Å²) in [6.07, 6.45) is 0. The smallest absolute Gasteiger partial charge is 0.265 e. The summed E-state index contributed by atoms with van der Waals surface area (Å²) in [5, 5.41) is 3.17. The van der Waals surface area contributed by atoms with Crippen LogP contribution in [-0.4, -0.2) is 35.6 Å². The first kappa shape index (κ1) is 23.7. The number of nitrogens with one attached hydrogen (secondary N) is 1. The molecule has 0 atom stereocenters. The zero-order chi connectivity index (χ0) is 23.5. The average Bonchev–Trinajstić information content (AvgIpc) is 2.79. The molecular formula is C22H20Cl2N2O5S. The quantitative estimate of drug-likeness (QED) is 0.494. The van der Waals surface area contributed by atoms with E-state index in [-0.39, 0.29) is 15.5 Å². The van der Waals surface area contributed by atoms with E-state index in [1.165, 1.54) is 39.5 Å². The molecule has 0 bridgehead atoms. The molecule has 0 aromatic heterocycles. The fourth-order valence-electron chi connectivity index (χ4n) is 2.89. The summed E-state index contributed by atoms with van der Waals surface area (Å²) in [5.74, 6) is 0.396.